The molecule has 1 aromatic carbocycles. The second-order valence-corrected chi connectivity index (χ2v) is 5.52. The molecule has 0 N–H and O–H groups in total. The fraction of sp³-hybridized carbons (Fsp3) is 0.562. The molecular formula is C16H23NO2. The first-order valence-corrected chi connectivity index (χ1v) is 7.03. The molecule has 0 aliphatic carbocycles. The Morgan fingerprint density at radius 2 is 2.00 bits per heavy atom. The minimum atomic E-state index is -0.272. The predicted molar refractivity (Wildman–Crippen MR) is 76.1 cm³/mol. The van der Waals surface area contributed by atoms with Gasteiger partial charge in [0, 0.05) is 12.6 Å². The third kappa shape index (κ3) is 3.35. The van der Waals surface area contributed by atoms with Crippen LogP contribution in [0.2, 0.25) is 0 Å². The second kappa shape index (κ2) is 6.20. The van der Waals surface area contributed by atoms with Crippen LogP contribution in [-0.2, 0) is 11.3 Å². The van der Waals surface area contributed by atoms with Crippen LogP contribution in [0, 0.1) is 5.92 Å². The summed E-state index contributed by atoms with van der Waals surface area (Å²) in [5.41, 5.74) is 1.87. The van der Waals surface area contributed by atoms with Crippen LogP contribution in [0.3, 0.4) is 0 Å². The maximum Gasteiger partial charge on any atom is 0.337 e. The van der Waals surface area contributed by atoms with Crippen molar-refractivity contribution in [1.29, 1.82) is 0 Å². The van der Waals surface area contributed by atoms with Gasteiger partial charge in [0.15, 0.2) is 0 Å². The van der Waals surface area contributed by atoms with E-state index in [9.17, 15) is 4.79 Å². The van der Waals surface area contributed by atoms with Gasteiger partial charge in [-0.05, 0) is 49.9 Å². The number of esters is 1. The molecule has 3 heteroatoms. The minimum Gasteiger partial charge on any atom is -0.465 e. The Hall–Kier alpha value is -1.35. The number of hydrogen-bond acceptors (Lipinski definition) is 3. The monoisotopic (exact) mass is 261 g/mol. The van der Waals surface area contributed by atoms with E-state index in [1.807, 2.05) is 24.3 Å². The Bertz CT molecular complexity index is 427. The number of nitrogens with zero attached hydrogens (tertiary/aromatic N) is 1. The fourth-order valence-electron chi connectivity index (χ4n) is 2.74. The van der Waals surface area contributed by atoms with Crippen molar-refractivity contribution in [2.45, 2.75) is 39.3 Å². The van der Waals surface area contributed by atoms with Crippen LogP contribution in [0.1, 0.15) is 42.6 Å². The van der Waals surface area contributed by atoms with E-state index >= 15 is 0 Å². The number of ether oxygens (including phenoxy) is 1. The van der Waals surface area contributed by atoms with Gasteiger partial charge in [0.25, 0.3) is 0 Å². The molecule has 0 bridgehead atoms. The van der Waals surface area contributed by atoms with Gasteiger partial charge in [0.2, 0.25) is 0 Å². The maximum atomic E-state index is 11.4. The van der Waals surface area contributed by atoms with Crippen LogP contribution in [0.5, 0.6) is 0 Å². The molecule has 2 rings (SSSR count). The summed E-state index contributed by atoms with van der Waals surface area (Å²) in [6.45, 7) is 6.78. The number of carbonyl (C=O) groups excluding carboxylic acids is 1. The summed E-state index contributed by atoms with van der Waals surface area (Å²) in [7, 11) is 1.41. The molecule has 1 aliphatic rings. The summed E-state index contributed by atoms with van der Waals surface area (Å²) in [4.78, 5) is 13.9. The summed E-state index contributed by atoms with van der Waals surface area (Å²) in [6, 6.07) is 8.38. The zero-order chi connectivity index (χ0) is 13.8. The molecule has 0 aromatic heterocycles. The third-order valence-corrected chi connectivity index (χ3v) is 4.26. The average Bonchev–Trinajstić information content (AvgIpc) is 2.44. The molecule has 0 spiro atoms. The van der Waals surface area contributed by atoms with Crippen molar-refractivity contribution >= 4 is 5.97 Å². The third-order valence-electron chi connectivity index (χ3n) is 4.26. The van der Waals surface area contributed by atoms with E-state index in [1.54, 1.807) is 0 Å². The van der Waals surface area contributed by atoms with Crippen LogP contribution >= 0.6 is 0 Å². The molecule has 1 saturated heterocycles. The van der Waals surface area contributed by atoms with E-state index in [-0.39, 0.29) is 5.97 Å². The van der Waals surface area contributed by atoms with E-state index < -0.39 is 0 Å². The Morgan fingerprint density at radius 1 is 1.32 bits per heavy atom. The Morgan fingerprint density at radius 3 is 2.63 bits per heavy atom. The average molecular weight is 261 g/mol. The lowest BCUT2D eigenvalue weighted by Crippen LogP contribution is -2.41. The lowest BCUT2D eigenvalue weighted by Gasteiger charge is -2.38. The van der Waals surface area contributed by atoms with Crippen molar-refractivity contribution in [3.05, 3.63) is 35.4 Å². The van der Waals surface area contributed by atoms with Crippen molar-refractivity contribution in [2.24, 2.45) is 5.92 Å². The highest BCUT2D eigenvalue weighted by Gasteiger charge is 2.24. The van der Waals surface area contributed by atoms with E-state index in [0.717, 1.165) is 12.5 Å². The number of likely N-dealkylation sites (tertiary alicyclic amines) is 1. The second-order valence-electron chi connectivity index (χ2n) is 5.52. The standard InChI is InChI=1S/C16H23NO2/c1-12-5-4-10-17(13(12)2)11-14-6-8-15(9-7-14)16(18)19-3/h6-9,12-13H,4-5,10-11H2,1-3H3. The van der Waals surface area contributed by atoms with Gasteiger partial charge < -0.3 is 4.74 Å². The molecule has 3 nitrogen and oxygen atoms in total. The number of carbonyl (C=O) groups is 1. The first-order chi connectivity index (χ1) is 9.11. The van der Waals surface area contributed by atoms with Gasteiger partial charge in [-0.1, -0.05) is 19.1 Å². The summed E-state index contributed by atoms with van der Waals surface area (Å²) in [5.74, 6) is 0.495. The lowest BCUT2D eigenvalue weighted by molar-refractivity contribution is 0.0600. The van der Waals surface area contributed by atoms with Crippen molar-refractivity contribution in [1.82, 2.24) is 4.90 Å². The molecule has 2 atom stereocenters. The fourth-order valence-corrected chi connectivity index (χ4v) is 2.74. The van der Waals surface area contributed by atoms with Crippen molar-refractivity contribution in [3.8, 4) is 0 Å². The number of benzene rings is 1. The highest BCUT2D eigenvalue weighted by molar-refractivity contribution is 5.89. The van der Waals surface area contributed by atoms with E-state index in [1.165, 1.54) is 32.1 Å². The highest BCUT2D eigenvalue weighted by Crippen LogP contribution is 2.24. The van der Waals surface area contributed by atoms with Gasteiger partial charge >= 0.3 is 5.97 Å². The topological polar surface area (TPSA) is 29.5 Å². The lowest BCUT2D eigenvalue weighted by atomic mass is 9.91. The molecule has 2 unspecified atom stereocenters. The molecular weight excluding hydrogens is 238 g/mol. The van der Waals surface area contributed by atoms with Crippen LogP contribution in [0.15, 0.2) is 24.3 Å². The number of methoxy groups -OCH3 is 1. The molecule has 19 heavy (non-hydrogen) atoms. The van der Waals surface area contributed by atoms with Crippen LogP contribution in [0.4, 0.5) is 0 Å². The van der Waals surface area contributed by atoms with E-state index in [0.29, 0.717) is 11.6 Å². The first kappa shape index (κ1) is 14.1. The van der Waals surface area contributed by atoms with Crippen molar-refractivity contribution < 1.29 is 9.53 Å². The quantitative estimate of drug-likeness (QED) is 0.783. The molecule has 1 aromatic rings. The van der Waals surface area contributed by atoms with Gasteiger partial charge in [-0.15, -0.1) is 0 Å². The largest absolute Gasteiger partial charge is 0.465 e. The Balaban J connectivity index is 2.01. The predicted octanol–water partition coefficient (Wildman–Crippen LogP) is 3.09. The van der Waals surface area contributed by atoms with Gasteiger partial charge in [0.05, 0.1) is 12.7 Å². The number of rotatable bonds is 3. The van der Waals surface area contributed by atoms with Gasteiger partial charge in [-0.2, -0.15) is 0 Å². The molecule has 0 radical (unpaired) electrons. The molecule has 0 amide bonds. The zero-order valence-electron chi connectivity index (χ0n) is 12.1. The first-order valence-electron chi connectivity index (χ1n) is 7.03. The minimum absolute atomic E-state index is 0.272. The Labute approximate surface area is 115 Å². The summed E-state index contributed by atoms with van der Waals surface area (Å²) in [5, 5.41) is 0. The van der Waals surface area contributed by atoms with Crippen molar-refractivity contribution in [2.75, 3.05) is 13.7 Å². The highest BCUT2D eigenvalue weighted by atomic mass is 16.5. The van der Waals surface area contributed by atoms with Crippen molar-refractivity contribution in [3.63, 3.8) is 0 Å². The molecule has 1 aliphatic heterocycles. The maximum absolute atomic E-state index is 11.4. The summed E-state index contributed by atoms with van der Waals surface area (Å²) >= 11 is 0. The zero-order valence-corrected chi connectivity index (χ0v) is 12.1. The molecule has 1 fully saturated rings. The smallest absolute Gasteiger partial charge is 0.337 e. The van der Waals surface area contributed by atoms with Crippen LogP contribution in [0.25, 0.3) is 0 Å². The summed E-state index contributed by atoms with van der Waals surface area (Å²) in [6.07, 6.45) is 2.62. The van der Waals surface area contributed by atoms with Gasteiger partial charge in [-0.25, -0.2) is 4.79 Å². The van der Waals surface area contributed by atoms with Crippen LogP contribution < -0.4 is 0 Å². The van der Waals surface area contributed by atoms with E-state index in [4.69, 9.17) is 4.74 Å². The van der Waals surface area contributed by atoms with Gasteiger partial charge in [-0.3, -0.25) is 4.90 Å². The molecule has 0 saturated carbocycles. The normalized spacial score (nSPS) is 24.2. The number of hydrogen-bond donors (Lipinski definition) is 0. The SMILES string of the molecule is COC(=O)c1ccc(CN2CCCC(C)C2C)cc1. The summed E-state index contributed by atoms with van der Waals surface area (Å²) < 4.78 is 4.71. The van der Waals surface area contributed by atoms with Gasteiger partial charge in [0.1, 0.15) is 0 Å². The van der Waals surface area contributed by atoms with E-state index in [2.05, 4.69) is 18.7 Å². The number of piperidine rings is 1. The molecule has 1 heterocycles. The molecule has 104 valence electrons. The van der Waals surface area contributed by atoms with Crippen LogP contribution in [-0.4, -0.2) is 30.6 Å². The Kier molecular flexibility index (Phi) is 4.59.